The van der Waals surface area contributed by atoms with E-state index in [1.54, 1.807) is 14.2 Å². The minimum atomic E-state index is -0.274. The molecule has 6 nitrogen and oxygen atoms in total. The zero-order valence-corrected chi connectivity index (χ0v) is 12.9. The van der Waals surface area contributed by atoms with Crippen LogP contribution >= 0.6 is 0 Å². The SMILES string of the molecule is COC[C@H]1NC(=O)CC[C@H]1C(=O)NCc1ccccc1OC. The smallest absolute Gasteiger partial charge is 0.225 e. The Morgan fingerprint density at radius 1 is 1.36 bits per heavy atom. The Morgan fingerprint density at radius 2 is 2.14 bits per heavy atom. The molecular formula is C16H22N2O4. The van der Waals surface area contributed by atoms with Crippen molar-refractivity contribution in [3.8, 4) is 5.75 Å². The molecule has 120 valence electrons. The lowest BCUT2D eigenvalue weighted by molar-refractivity contribution is -0.132. The van der Waals surface area contributed by atoms with Gasteiger partial charge in [0.1, 0.15) is 5.75 Å². The summed E-state index contributed by atoms with van der Waals surface area (Å²) in [4.78, 5) is 23.9. The summed E-state index contributed by atoms with van der Waals surface area (Å²) in [6.07, 6.45) is 0.907. The van der Waals surface area contributed by atoms with Crippen molar-refractivity contribution in [3.63, 3.8) is 0 Å². The third-order valence-electron chi connectivity index (χ3n) is 3.84. The summed E-state index contributed by atoms with van der Waals surface area (Å²) in [5, 5.41) is 5.74. The number of rotatable bonds is 6. The van der Waals surface area contributed by atoms with Gasteiger partial charge in [-0.3, -0.25) is 9.59 Å². The minimum absolute atomic E-state index is 0.0316. The number of carbonyl (C=O) groups excluding carboxylic acids is 2. The van der Waals surface area contributed by atoms with E-state index < -0.39 is 0 Å². The van der Waals surface area contributed by atoms with Gasteiger partial charge in [0.25, 0.3) is 0 Å². The highest BCUT2D eigenvalue weighted by molar-refractivity contribution is 5.84. The zero-order valence-electron chi connectivity index (χ0n) is 12.9. The van der Waals surface area contributed by atoms with E-state index in [2.05, 4.69) is 10.6 Å². The van der Waals surface area contributed by atoms with Crippen molar-refractivity contribution in [2.24, 2.45) is 5.92 Å². The average Bonchev–Trinajstić information content (AvgIpc) is 2.53. The molecule has 0 aromatic heterocycles. The summed E-state index contributed by atoms with van der Waals surface area (Å²) in [6, 6.07) is 7.28. The van der Waals surface area contributed by atoms with Gasteiger partial charge in [-0.15, -0.1) is 0 Å². The van der Waals surface area contributed by atoms with Crippen molar-refractivity contribution in [1.82, 2.24) is 10.6 Å². The molecule has 0 unspecified atom stereocenters. The molecule has 1 aromatic carbocycles. The second-order valence-corrected chi connectivity index (χ2v) is 5.30. The molecule has 2 N–H and O–H groups in total. The predicted molar refractivity (Wildman–Crippen MR) is 81.4 cm³/mol. The molecule has 1 fully saturated rings. The topological polar surface area (TPSA) is 76.7 Å². The highest BCUT2D eigenvalue weighted by Crippen LogP contribution is 2.20. The number of nitrogens with one attached hydrogen (secondary N) is 2. The van der Waals surface area contributed by atoms with Crippen molar-refractivity contribution in [2.45, 2.75) is 25.4 Å². The number of benzene rings is 1. The molecular weight excluding hydrogens is 284 g/mol. The monoisotopic (exact) mass is 306 g/mol. The molecule has 1 aliphatic heterocycles. The van der Waals surface area contributed by atoms with Crippen LogP contribution in [0.1, 0.15) is 18.4 Å². The lowest BCUT2D eigenvalue weighted by atomic mass is 9.90. The number of ether oxygens (including phenoxy) is 2. The lowest BCUT2D eigenvalue weighted by Gasteiger charge is -2.30. The van der Waals surface area contributed by atoms with Crippen molar-refractivity contribution < 1.29 is 19.1 Å². The standard InChI is InChI=1S/C16H22N2O4/c1-21-10-13-12(7-8-15(19)18-13)16(20)17-9-11-5-3-4-6-14(11)22-2/h3-6,12-13H,7-10H2,1-2H3,(H,17,20)(H,18,19)/t12-,13-/m1/s1. The Bertz CT molecular complexity index is 533. The van der Waals surface area contributed by atoms with E-state index in [0.29, 0.717) is 26.0 Å². The van der Waals surface area contributed by atoms with Gasteiger partial charge in [0, 0.05) is 25.6 Å². The molecule has 6 heteroatoms. The van der Waals surface area contributed by atoms with Crippen LogP contribution in [0.3, 0.4) is 0 Å². The van der Waals surface area contributed by atoms with Crippen LogP contribution in [0.5, 0.6) is 5.75 Å². The van der Waals surface area contributed by atoms with Gasteiger partial charge < -0.3 is 20.1 Å². The van der Waals surface area contributed by atoms with Gasteiger partial charge in [0.15, 0.2) is 0 Å². The molecule has 22 heavy (non-hydrogen) atoms. The number of carbonyl (C=O) groups is 2. The number of hydrogen-bond acceptors (Lipinski definition) is 4. The fourth-order valence-corrected chi connectivity index (χ4v) is 2.68. The van der Waals surface area contributed by atoms with Crippen LogP contribution in [-0.2, 0) is 20.9 Å². The molecule has 1 saturated heterocycles. The van der Waals surface area contributed by atoms with Gasteiger partial charge in [-0.25, -0.2) is 0 Å². The Labute approximate surface area is 130 Å². The Hall–Kier alpha value is -2.08. The van der Waals surface area contributed by atoms with Crippen LogP contribution in [0.25, 0.3) is 0 Å². The van der Waals surface area contributed by atoms with E-state index in [0.717, 1.165) is 11.3 Å². The van der Waals surface area contributed by atoms with E-state index in [-0.39, 0.29) is 23.8 Å². The van der Waals surface area contributed by atoms with Crippen LogP contribution in [0.15, 0.2) is 24.3 Å². The Balaban J connectivity index is 1.97. The first-order valence-corrected chi connectivity index (χ1v) is 7.33. The number of amides is 2. The maximum Gasteiger partial charge on any atom is 0.225 e. The van der Waals surface area contributed by atoms with Gasteiger partial charge in [0.05, 0.1) is 25.7 Å². The first kappa shape index (κ1) is 16.3. The van der Waals surface area contributed by atoms with E-state index >= 15 is 0 Å². The molecule has 1 aromatic rings. The van der Waals surface area contributed by atoms with Gasteiger partial charge in [-0.1, -0.05) is 18.2 Å². The largest absolute Gasteiger partial charge is 0.496 e. The fourth-order valence-electron chi connectivity index (χ4n) is 2.68. The third-order valence-corrected chi connectivity index (χ3v) is 3.84. The predicted octanol–water partition coefficient (Wildman–Crippen LogP) is 0.853. The van der Waals surface area contributed by atoms with Crippen LogP contribution in [0.4, 0.5) is 0 Å². The summed E-state index contributed by atoms with van der Waals surface area (Å²) >= 11 is 0. The first-order valence-electron chi connectivity index (χ1n) is 7.33. The maximum atomic E-state index is 12.4. The highest BCUT2D eigenvalue weighted by atomic mass is 16.5. The summed E-state index contributed by atoms with van der Waals surface area (Å²) in [7, 11) is 3.16. The molecule has 0 saturated carbocycles. The third kappa shape index (κ3) is 3.98. The zero-order chi connectivity index (χ0) is 15.9. The molecule has 0 radical (unpaired) electrons. The van der Waals surface area contributed by atoms with Crippen LogP contribution in [0.2, 0.25) is 0 Å². The number of methoxy groups -OCH3 is 2. The van der Waals surface area contributed by atoms with Crippen LogP contribution in [0, 0.1) is 5.92 Å². The fraction of sp³-hybridized carbons (Fsp3) is 0.500. The maximum absolute atomic E-state index is 12.4. The Morgan fingerprint density at radius 3 is 2.86 bits per heavy atom. The second kappa shape index (κ2) is 7.79. The van der Waals surface area contributed by atoms with Gasteiger partial charge in [-0.2, -0.15) is 0 Å². The molecule has 0 bridgehead atoms. The summed E-state index contributed by atoms with van der Waals surface area (Å²) < 4.78 is 10.4. The van der Waals surface area contributed by atoms with E-state index in [1.807, 2.05) is 24.3 Å². The molecule has 2 atom stereocenters. The minimum Gasteiger partial charge on any atom is -0.496 e. The summed E-state index contributed by atoms with van der Waals surface area (Å²) in [5.74, 6) is 0.365. The molecule has 1 heterocycles. The van der Waals surface area contributed by atoms with E-state index in [9.17, 15) is 9.59 Å². The van der Waals surface area contributed by atoms with Gasteiger partial charge in [0.2, 0.25) is 11.8 Å². The molecule has 2 rings (SSSR count). The van der Waals surface area contributed by atoms with Crippen molar-refractivity contribution in [1.29, 1.82) is 0 Å². The first-order chi connectivity index (χ1) is 10.7. The molecule has 0 spiro atoms. The van der Waals surface area contributed by atoms with Crippen LogP contribution in [-0.4, -0.2) is 38.7 Å². The van der Waals surface area contributed by atoms with Gasteiger partial charge in [-0.05, 0) is 12.5 Å². The quantitative estimate of drug-likeness (QED) is 0.817. The molecule has 1 aliphatic rings. The number of hydrogen-bond donors (Lipinski definition) is 2. The summed E-state index contributed by atoms with van der Waals surface area (Å²) in [6.45, 7) is 0.728. The van der Waals surface area contributed by atoms with E-state index in [1.165, 1.54) is 0 Å². The molecule has 0 aliphatic carbocycles. The normalized spacial score (nSPS) is 21.1. The Kier molecular flexibility index (Phi) is 5.77. The van der Waals surface area contributed by atoms with Crippen molar-refractivity contribution in [2.75, 3.05) is 20.8 Å². The van der Waals surface area contributed by atoms with Crippen LogP contribution < -0.4 is 15.4 Å². The number of piperidine rings is 1. The lowest BCUT2D eigenvalue weighted by Crippen LogP contribution is -2.52. The van der Waals surface area contributed by atoms with Crippen molar-refractivity contribution >= 4 is 11.8 Å². The number of para-hydroxylation sites is 1. The van der Waals surface area contributed by atoms with Gasteiger partial charge >= 0.3 is 0 Å². The highest BCUT2D eigenvalue weighted by Gasteiger charge is 2.33. The summed E-state index contributed by atoms with van der Waals surface area (Å²) in [5.41, 5.74) is 0.918. The average molecular weight is 306 g/mol. The van der Waals surface area contributed by atoms with E-state index in [4.69, 9.17) is 9.47 Å². The van der Waals surface area contributed by atoms with Crippen molar-refractivity contribution in [3.05, 3.63) is 29.8 Å². The molecule has 2 amide bonds. The second-order valence-electron chi connectivity index (χ2n) is 5.30.